The number of hydrogen-bond acceptors (Lipinski definition) is 2. The number of Topliss-reactive ketones (excluding diaryl/α,β-unsaturated/α-hetero) is 1. The third-order valence-electron chi connectivity index (χ3n) is 1.85. The molecule has 2 nitrogen and oxygen atoms in total. The predicted octanol–water partition coefficient (Wildman–Crippen LogP) is 1.00. The molecule has 0 heterocycles. The van der Waals surface area contributed by atoms with Gasteiger partial charge in [0.2, 0.25) is 0 Å². The zero-order valence-electron chi connectivity index (χ0n) is 5.89. The lowest BCUT2D eigenvalue weighted by Crippen LogP contribution is -2.41. The number of rotatable bonds is 2. The molecule has 0 spiro atoms. The van der Waals surface area contributed by atoms with Crippen LogP contribution in [0.3, 0.4) is 0 Å². The van der Waals surface area contributed by atoms with Crippen molar-refractivity contribution in [1.29, 1.82) is 0 Å². The Hall–Kier alpha value is -0.370. The van der Waals surface area contributed by atoms with Crippen molar-refractivity contribution in [2.45, 2.75) is 26.4 Å². The molecule has 1 saturated carbocycles. The Balaban J connectivity index is 2.25. The van der Waals surface area contributed by atoms with Crippen LogP contribution in [0.4, 0.5) is 0 Å². The maximum absolute atomic E-state index is 10.6. The lowest BCUT2D eigenvalue weighted by molar-refractivity contribution is -0.143. The van der Waals surface area contributed by atoms with Gasteiger partial charge < -0.3 is 4.74 Å². The molecule has 1 fully saturated rings. The van der Waals surface area contributed by atoms with Gasteiger partial charge in [0, 0.05) is 18.9 Å². The second kappa shape index (κ2) is 2.48. The van der Waals surface area contributed by atoms with Crippen molar-refractivity contribution in [2.24, 2.45) is 5.92 Å². The molecule has 9 heavy (non-hydrogen) atoms. The molecule has 2 atom stereocenters. The highest BCUT2D eigenvalue weighted by Crippen LogP contribution is 2.25. The molecule has 2 heteroatoms. The highest BCUT2D eigenvalue weighted by atomic mass is 16.5. The van der Waals surface area contributed by atoms with E-state index < -0.39 is 0 Å². The third-order valence-corrected chi connectivity index (χ3v) is 1.85. The summed E-state index contributed by atoms with van der Waals surface area (Å²) in [6.07, 6.45) is 0.858. The van der Waals surface area contributed by atoms with E-state index in [9.17, 15) is 4.79 Å². The van der Waals surface area contributed by atoms with Crippen LogP contribution in [0, 0.1) is 5.92 Å². The van der Waals surface area contributed by atoms with Gasteiger partial charge >= 0.3 is 0 Å². The van der Waals surface area contributed by atoms with Crippen molar-refractivity contribution in [1.82, 2.24) is 0 Å². The van der Waals surface area contributed by atoms with Crippen molar-refractivity contribution in [2.75, 3.05) is 6.61 Å². The minimum absolute atomic E-state index is 0.157. The average molecular weight is 128 g/mol. The lowest BCUT2D eigenvalue weighted by atomic mass is 9.82. The van der Waals surface area contributed by atoms with Crippen molar-refractivity contribution >= 4 is 5.78 Å². The standard InChI is InChI=1S/C7H12O2/c1-3-9-7-4-6(8)5(7)2/h5,7H,3-4H2,1-2H3/t5-,7-/m1/s1. The van der Waals surface area contributed by atoms with Crippen LogP contribution in [0.1, 0.15) is 20.3 Å². The zero-order chi connectivity index (χ0) is 6.85. The zero-order valence-corrected chi connectivity index (χ0v) is 5.89. The highest BCUT2D eigenvalue weighted by molar-refractivity contribution is 5.87. The van der Waals surface area contributed by atoms with Crippen molar-refractivity contribution in [3.05, 3.63) is 0 Å². The van der Waals surface area contributed by atoms with Gasteiger partial charge in [-0.05, 0) is 6.92 Å². The molecule has 52 valence electrons. The van der Waals surface area contributed by atoms with Gasteiger partial charge in [-0.25, -0.2) is 0 Å². The van der Waals surface area contributed by atoms with Crippen molar-refractivity contribution in [3.8, 4) is 0 Å². The molecule has 0 aromatic carbocycles. The largest absolute Gasteiger partial charge is 0.377 e. The van der Waals surface area contributed by atoms with Gasteiger partial charge in [0.05, 0.1) is 6.10 Å². The fraction of sp³-hybridized carbons (Fsp3) is 0.857. The Kier molecular flexibility index (Phi) is 1.86. The van der Waals surface area contributed by atoms with Crippen LogP contribution in [-0.4, -0.2) is 18.5 Å². The Bertz CT molecular complexity index is 120. The molecule has 1 aliphatic rings. The molecule has 0 unspecified atom stereocenters. The Labute approximate surface area is 55.2 Å². The topological polar surface area (TPSA) is 26.3 Å². The van der Waals surface area contributed by atoms with Crippen LogP contribution in [0.15, 0.2) is 0 Å². The smallest absolute Gasteiger partial charge is 0.140 e. The van der Waals surface area contributed by atoms with Gasteiger partial charge in [-0.15, -0.1) is 0 Å². The first kappa shape index (κ1) is 6.75. The Morgan fingerprint density at radius 1 is 1.78 bits per heavy atom. The van der Waals surface area contributed by atoms with E-state index in [0.717, 1.165) is 6.61 Å². The van der Waals surface area contributed by atoms with Crippen LogP contribution in [0.5, 0.6) is 0 Å². The van der Waals surface area contributed by atoms with Crippen LogP contribution >= 0.6 is 0 Å². The van der Waals surface area contributed by atoms with E-state index in [-0.39, 0.29) is 12.0 Å². The second-order valence-corrected chi connectivity index (χ2v) is 2.45. The van der Waals surface area contributed by atoms with E-state index >= 15 is 0 Å². The summed E-state index contributed by atoms with van der Waals surface area (Å²) in [5.74, 6) is 0.499. The predicted molar refractivity (Wildman–Crippen MR) is 34.2 cm³/mol. The summed E-state index contributed by atoms with van der Waals surface area (Å²) < 4.78 is 5.24. The average Bonchev–Trinajstić information content (AvgIpc) is 1.88. The van der Waals surface area contributed by atoms with E-state index in [4.69, 9.17) is 4.74 Å². The molecule has 1 aliphatic carbocycles. The molecule has 0 amide bonds. The third kappa shape index (κ3) is 1.13. The first-order valence-electron chi connectivity index (χ1n) is 3.40. The number of ether oxygens (including phenoxy) is 1. The van der Waals surface area contributed by atoms with E-state index in [1.54, 1.807) is 0 Å². The fourth-order valence-corrected chi connectivity index (χ4v) is 1.03. The van der Waals surface area contributed by atoms with Gasteiger partial charge in [-0.1, -0.05) is 6.92 Å². The van der Waals surface area contributed by atoms with Gasteiger partial charge in [0.1, 0.15) is 5.78 Å². The van der Waals surface area contributed by atoms with E-state index in [1.807, 2.05) is 13.8 Å². The normalized spacial score (nSPS) is 34.2. The SMILES string of the molecule is CCO[C@@H]1CC(=O)[C@H]1C. The summed E-state index contributed by atoms with van der Waals surface area (Å²) in [6, 6.07) is 0. The summed E-state index contributed by atoms with van der Waals surface area (Å²) in [5.41, 5.74) is 0. The number of carbonyl (C=O) groups is 1. The monoisotopic (exact) mass is 128 g/mol. The molecule has 0 saturated heterocycles. The molecule has 0 radical (unpaired) electrons. The number of hydrogen-bond donors (Lipinski definition) is 0. The fourth-order valence-electron chi connectivity index (χ4n) is 1.03. The van der Waals surface area contributed by atoms with Gasteiger partial charge in [-0.3, -0.25) is 4.79 Å². The molecule has 0 aliphatic heterocycles. The summed E-state index contributed by atoms with van der Waals surface area (Å²) in [7, 11) is 0. The van der Waals surface area contributed by atoms with Crippen molar-refractivity contribution < 1.29 is 9.53 Å². The molecule has 1 rings (SSSR count). The minimum atomic E-state index is 0.157. The minimum Gasteiger partial charge on any atom is -0.377 e. The summed E-state index contributed by atoms with van der Waals surface area (Å²) in [5, 5.41) is 0. The molecule has 0 N–H and O–H groups in total. The first-order valence-corrected chi connectivity index (χ1v) is 3.40. The quantitative estimate of drug-likeness (QED) is 0.554. The summed E-state index contributed by atoms with van der Waals surface area (Å²) >= 11 is 0. The molecular weight excluding hydrogens is 116 g/mol. The van der Waals surface area contributed by atoms with Crippen LogP contribution in [0.25, 0.3) is 0 Å². The van der Waals surface area contributed by atoms with E-state index in [0.29, 0.717) is 12.2 Å². The molecule has 0 aromatic rings. The van der Waals surface area contributed by atoms with E-state index in [2.05, 4.69) is 0 Å². The number of carbonyl (C=O) groups excluding carboxylic acids is 1. The van der Waals surface area contributed by atoms with Gasteiger partial charge in [-0.2, -0.15) is 0 Å². The highest BCUT2D eigenvalue weighted by Gasteiger charge is 2.36. The van der Waals surface area contributed by atoms with Crippen LogP contribution < -0.4 is 0 Å². The van der Waals surface area contributed by atoms with Gasteiger partial charge in [0.15, 0.2) is 0 Å². The van der Waals surface area contributed by atoms with Crippen LogP contribution in [0.2, 0.25) is 0 Å². The second-order valence-electron chi connectivity index (χ2n) is 2.45. The molecule has 0 bridgehead atoms. The van der Waals surface area contributed by atoms with E-state index in [1.165, 1.54) is 0 Å². The maximum Gasteiger partial charge on any atom is 0.140 e. The number of ketones is 1. The summed E-state index contributed by atoms with van der Waals surface area (Å²) in [6.45, 7) is 4.60. The van der Waals surface area contributed by atoms with Gasteiger partial charge in [0.25, 0.3) is 0 Å². The van der Waals surface area contributed by atoms with Crippen molar-refractivity contribution in [3.63, 3.8) is 0 Å². The first-order chi connectivity index (χ1) is 4.25. The Morgan fingerprint density at radius 2 is 2.44 bits per heavy atom. The van der Waals surface area contributed by atoms with Crippen LogP contribution in [-0.2, 0) is 9.53 Å². The maximum atomic E-state index is 10.6. The molecule has 0 aromatic heterocycles. The Morgan fingerprint density at radius 3 is 2.78 bits per heavy atom. The molecular formula is C7H12O2. The summed E-state index contributed by atoms with van der Waals surface area (Å²) in [4.78, 5) is 10.6. The lowest BCUT2D eigenvalue weighted by Gasteiger charge is -2.31.